The van der Waals surface area contributed by atoms with Crippen LogP contribution in [0, 0.1) is 19.9 Å². The van der Waals surface area contributed by atoms with Crippen molar-refractivity contribution in [1.82, 2.24) is 34.5 Å². The maximum Gasteiger partial charge on any atom is 0.282 e. The number of hydrogen-bond donors (Lipinski definition) is 1. The third-order valence-corrected chi connectivity index (χ3v) is 4.86. The lowest BCUT2D eigenvalue weighted by Crippen LogP contribution is -2.05. The van der Waals surface area contributed by atoms with E-state index in [1.165, 1.54) is 10.7 Å². The third kappa shape index (κ3) is 3.66. The van der Waals surface area contributed by atoms with Crippen LogP contribution in [0.15, 0.2) is 54.9 Å². The number of nitrogens with one attached hydrogen (secondary N) is 1. The molecule has 0 spiro atoms. The van der Waals surface area contributed by atoms with Crippen LogP contribution in [0.1, 0.15) is 23.5 Å². The number of anilines is 2. The van der Waals surface area contributed by atoms with E-state index in [0.717, 1.165) is 22.4 Å². The van der Waals surface area contributed by atoms with Gasteiger partial charge in [0.05, 0.1) is 16.7 Å². The molecule has 1 N–H and O–H groups in total. The number of fused-ring (bicyclic) bond motifs is 1. The first-order valence-corrected chi connectivity index (χ1v) is 9.76. The molecule has 0 aliphatic heterocycles. The van der Waals surface area contributed by atoms with Crippen LogP contribution >= 0.6 is 0 Å². The molecule has 32 heavy (non-hydrogen) atoms. The van der Waals surface area contributed by atoms with Crippen LogP contribution in [0.25, 0.3) is 22.7 Å². The van der Waals surface area contributed by atoms with E-state index in [0.29, 0.717) is 23.1 Å². The summed E-state index contributed by atoms with van der Waals surface area (Å²) in [6, 6.07) is 17.2. The normalized spacial score (nSPS) is 11.4. The number of hydrogen-bond acceptors (Lipinski definition) is 6. The van der Waals surface area contributed by atoms with Crippen molar-refractivity contribution in [3.05, 3.63) is 78.0 Å². The van der Waals surface area contributed by atoms with Gasteiger partial charge in [-0.25, -0.2) is 23.4 Å². The quantitative estimate of drug-likeness (QED) is 0.441. The molecular formula is C22H17F2N8. The van der Waals surface area contributed by atoms with Gasteiger partial charge >= 0.3 is 0 Å². The number of imidazole rings is 1. The highest BCUT2D eigenvalue weighted by atomic mass is 19.3. The minimum atomic E-state index is -2.65. The molecule has 0 atom stereocenters. The molecule has 4 aromatic heterocycles. The summed E-state index contributed by atoms with van der Waals surface area (Å²) < 4.78 is 29.2. The van der Waals surface area contributed by atoms with Crippen LogP contribution in [0.3, 0.4) is 0 Å². The summed E-state index contributed by atoms with van der Waals surface area (Å²) in [7, 11) is 0. The molecule has 10 heteroatoms. The maximum absolute atomic E-state index is 13.0. The lowest BCUT2D eigenvalue weighted by atomic mass is 10.2. The summed E-state index contributed by atoms with van der Waals surface area (Å²) in [5.41, 5.74) is 3.47. The van der Waals surface area contributed by atoms with Crippen LogP contribution in [0.5, 0.6) is 0 Å². The van der Waals surface area contributed by atoms with Crippen molar-refractivity contribution in [2.75, 3.05) is 5.32 Å². The molecule has 5 aromatic rings. The average Bonchev–Trinajstić information content (AvgIpc) is 3.39. The Balaban J connectivity index is 1.52. The zero-order chi connectivity index (χ0) is 22.2. The van der Waals surface area contributed by atoms with Gasteiger partial charge in [-0.15, -0.1) is 5.10 Å². The van der Waals surface area contributed by atoms with Crippen LogP contribution < -0.4 is 5.32 Å². The molecule has 0 bridgehead atoms. The second-order valence-corrected chi connectivity index (χ2v) is 7.20. The second kappa shape index (κ2) is 7.80. The summed E-state index contributed by atoms with van der Waals surface area (Å²) in [6.45, 7) is 3.57. The number of halogens is 2. The summed E-state index contributed by atoms with van der Waals surface area (Å²) >= 11 is 0. The Morgan fingerprint density at radius 2 is 1.91 bits per heavy atom. The monoisotopic (exact) mass is 431 g/mol. The van der Waals surface area contributed by atoms with E-state index in [1.807, 2.05) is 41.8 Å². The molecule has 8 nitrogen and oxygen atoms in total. The standard InChI is InChI=1S/C22H17F2N8/c1-13-6-9-19(29-28-13)26-15-7-8-16-18(11-15)31(12-25-16)20-4-3-5-21(27-20)32-14(2)10-17(30-32)22(23)24/h3-4,6-12,22H,1-2H3,(H,26,29). The molecule has 0 saturated heterocycles. The minimum Gasteiger partial charge on any atom is -0.339 e. The third-order valence-electron chi connectivity index (χ3n) is 4.86. The number of nitrogens with zero attached hydrogens (tertiary/aromatic N) is 7. The molecule has 0 aliphatic carbocycles. The van der Waals surface area contributed by atoms with E-state index >= 15 is 0 Å². The predicted molar refractivity (Wildman–Crippen MR) is 115 cm³/mol. The van der Waals surface area contributed by atoms with Gasteiger partial charge in [0, 0.05) is 17.4 Å². The van der Waals surface area contributed by atoms with E-state index in [4.69, 9.17) is 0 Å². The van der Waals surface area contributed by atoms with Gasteiger partial charge in [0.1, 0.15) is 17.8 Å². The highest BCUT2D eigenvalue weighted by molar-refractivity contribution is 5.82. The number of benzene rings is 1. The summed E-state index contributed by atoms with van der Waals surface area (Å²) in [6.07, 6.45) is -0.993. The van der Waals surface area contributed by atoms with E-state index in [9.17, 15) is 8.78 Å². The number of rotatable bonds is 5. The average molecular weight is 431 g/mol. The molecular weight excluding hydrogens is 414 g/mol. The molecule has 1 aromatic carbocycles. The Morgan fingerprint density at radius 1 is 1.03 bits per heavy atom. The molecule has 1 radical (unpaired) electrons. The van der Waals surface area contributed by atoms with E-state index in [-0.39, 0.29) is 5.69 Å². The fourth-order valence-electron chi connectivity index (χ4n) is 3.31. The number of aromatic nitrogens is 7. The smallest absolute Gasteiger partial charge is 0.282 e. The minimum absolute atomic E-state index is 0.300. The first-order chi connectivity index (χ1) is 15.5. The zero-order valence-electron chi connectivity index (χ0n) is 17.2. The van der Waals surface area contributed by atoms with Crippen LogP contribution in [-0.2, 0) is 0 Å². The lowest BCUT2D eigenvalue weighted by Gasteiger charge is -2.09. The summed E-state index contributed by atoms with van der Waals surface area (Å²) in [5.74, 6) is 1.50. The Morgan fingerprint density at radius 3 is 2.66 bits per heavy atom. The van der Waals surface area contributed by atoms with Crippen molar-refractivity contribution in [3.8, 4) is 11.6 Å². The number of pyridine rings is 1. The number of alkyl halides is 2. The van der Waals surface area contributed by atoms with Gasteiger partial charge in [0.25, 0.3) is 6.43 Å². The van der Waals surface area contributed by atoms with Gasteiger partial charge in [-0.2, -0.15) is 10.2 Å². The summed E-state index contributed by atoms with van der Waals surface area (Å²) in [4.78, 5) is 9.01. The molecule has 0 saturated carbocycles. The SMILES string of the molecule is Cc1ccc(Nc2ccc3ncn(-c4cc[c]c(-n5nc(C(F)F)cc5C)n4)c3c2)nn1. The van der Waals surface area contributed by atoms with Gasteiger partial charge in [-0.3, -0.25) is 4.57 Å². The van der Waals surface area contributed by atoms with Crippen LogP contribution in [-0.4, -0.2) is 34.5 Å². The van der Waals surface area contributed by atoms with Crippen molar-refractivity contribution in [3.63, 3.8) is 0 Å². The van der Waals surface area contributed by atoms with Crippen molar-refractivity contribution in [2.24, 2.45) is 0 Å². The predicted octanol–water partition coefficient (Wildman–Crippen LogP) is 4.49. The first kappa shape index (κ1) is 19.7. The van der Waals surface area contributed by atoms with Crippen molar-refractivity contribution in [2.45, 2.75) is 20.3 Å². The largest absolute Gasteiger partial charge is 0.339 e. The van der Waals surface area contributed by atoms with Crippen LogP contribution in [0.4, 0.5) is 20.3 Å². The topological polar surface area (TPSA) is 86.3 Å². The molecule has 4 heterocycles. The Hall–Kier alpha value is -4.21. The zero-order valence-corrected chi connectivity index (χ0v) is 17.2. The van der Waals surface area contributed by atoms with E-state index < -0.39 is 6.43 Å². The first-order valence-electron chi connectivity index (χ1n) is 9.76. The van der Waals surface area contributed by atoms with Crippen molar-refractivity contribution in [1.29, 1.82) is 0 Å². The fraction of sp³-hybridized carbons (Fsp3) is 0.136. The molecule has 0 unspecified atom stereocenters. The molecule has 5 rings (SSSR count). The Bertz CT molecular complexity index is 1410. The van der Waals surface area contributed by atoms with Gasteiger partial charge in [-0.1, -0.05) is 0 Å². The maximum atomic E-state index is 13.0. The van der Waals surface area contributed by atoms with E-state index in [1.54, 1.807) is 25.4 Å². The second-order valence-electron chi connectivity index (χ2n) is 7.20. The van der Waals surface area contributed by atoms with Gasteiger partial charge in [-0.05, 0) is 62.4 Å². The molecule has 0 amide bonds. The summed E-state index contributed by atoms with van der Waals surface area (Å²) in [5, 5.41) is 15.4. The van der Waals surface area contributed by atoms with Crippen LogP contribution in [0.2, 0.25) is 0 Å². The van der Waals surface area contributed by atoms with Gasteiger partial charge < -0.3 is 5.32 Å². The Kier molecular flexibility index (Phi) is 4.81. The van der Waals surface area contributed by atoms with Crippen molar-refractivity contribution < 1.29 is 8.78 Å². The van der Waals surface area contributed by atoms with Gasteiger partial charge in [0.15, 0.2) is 11.6 Å². The lowest BCUT2D eigenvalue weighted by molar-refractivity contribution is 0.145. The van der Waals surface area contributed by atoms with Gasteiger partial charge in [0.2, 0.25) is 0 Å². The Labute approximate surface area is 181 Å². The van der Waals surface area contributed by atoms with Crippen molar-refractivity contribution >= 4 is 22.5 Å². The number of aryl methyl sites for hydroxylation is 2. The molecule has 0 aliphatic rings. The molecule has 159 valence electrons. The highest BCUT2D eigenvalue weighted by Crippen LogP contribution is 2.24. The fourth-order valence-corrected chi connectivity index (χ4v) is 3.31. The molecule has 0 fully saturated rings. The highest BCUT2D eigenvalue weighted by Gasteiger charge is 2.16. The van der Waals surface area contributed by atoms with E-state index in [2.05, 4.69) is 36.6 Å².